The van der Waals surface area contributed by atoms with E-state index in [0.717, 1.165) is 4.97 Å². The molecule has 0 aliphatic heterocycles. The van der Waals surface area contributed by atoms with E-state index in [0.29, 0.717) is 4.46 Å². The van der Waals surface area contributed by atoms with Gasteiger partial charge in [0.1, 0.15) is 0 Å². The van der Waals surface area contributed by atoms with Gasteiger partial charge in [-0.2, -0.15) is 0 Å². The SMILES string of the molecule is CCO/C(=C/[Se]c1ccccc1)C(F)(F)C(F)(F)F. The number of halogens is 5. The van der Waals surface area contributed by atoms with Crippen LogP contribution in [0.3, 0.4) is 0 Å². The van der Waals surface area contributed by atoms with E-state index >= 15 is 0 Å². The van der Waals surface area contributed by atoms with E-state index in [1.54, 1.807) is 30.3 Å². The predicted molar refractivity (Wildman–Crippen MR) is 62.5 cm³/mol. The number of alkyl halides is 5. The van der Waals surface area contributed by atoms with Gasteiger partial charge in [0.2, 0.25) is 0 Å². The van der Waals surface area contributed by atoms with Gasteiger partial charge in [-0.3, -0.25) is 0 Å². The van der Waals surface area contributed by atoms with Crippen LogP contribution in [0, 0.1) is 0 Å². The van der Waals surface area contributed by atoms with Gasteiger partial charge in [-0.25, -0.2) is 0 Å². The zero-order valence-corrected chi connectivity index (χ0v) is 11.6. The summed E-state index contributed by atoms with van der Waals surface area (Å²) < 4.78 is 68.3. The maximum atomic E-state index is 13.2. The Morgan fingerprint density at radius 3 is 2.21 bits per heavy atom. The molecule has 0 spiro atoms. The van der Waals surface area contributed by atoms with Gasteiger partial charge in [0, 0.05) is 0 Å². The van der Waals surface area contributed by atoms with Crippen molar-refractivity contribution in [2.75, 3.05) is 6.61 Å². The third kappa shape index (κ3) is 4.21. The third-order valence-electron chi connectivity index (χ3n) is 2.01. The van der Waals surface area contributed by atoms with Crippen molar-refractivity contribution in [2.24, 2.45) is 0 Å². The molecule has 1 rings (SSSR count). The Hall–Kier alpha value is -1.07. The molecule has 0 bridgehead atoms. The molecule has 7 heteroatoms. The molecule has 0 aliphatic rings. The number of ether oxygens (including phenoxy) is 1. The summed E-state index contributed by atoms with van der Waals surface area (Å²) >= 11 is -0.652. The van der Waals surface area contributed by atoms with Crippen molar-refractivity contribution in [2.45, 2.75) is 19.0 Å². The summed E-state index contributed by atoms with van der Waals surface area (Å²) in [5, 5.41) is 0. The molecule has 1 nitrogen and oxygen atoms in total. The predicted octanol–water partition coefficient (Wildman–Crippen LogP) is 3.09. The molecule has 0 saturated carbocycles. The number of allylic oxidation sites excluding steroid dienone is 1. The number of hydrogen-bond acceptors (Lipinski definition) is 1. The molecule has 0 heterocycles. The van der Waals surface area contributed by atoms with Crippen LogP contribution in [0.5, 0.6) is 0 Å². The van der Waals surface area contributed by atoms with E-state index in [9.17, 15) is 22.0 Å². The van der Waals surface area contributed by atoms with Gasteiger partial charge in [0.25, 0.3) is 0 Å². The summed E-state index contributed by atoms with van der Waals surface area (Å²) in [6, 6.07) is 8.43. The molecule has 0 N–H and O–H groups in total. The molecular formula is C12H11F5OSe. The van der Waals surface area contributed by atoms with Gasteiger partial charge in [-0.05, 0) is 0 Å². The molecular weight excluding hydrogens is 334 g/mol. The normalized spacial score (nSPS) is 13.5. The van der Waals surface area contributed by atoms with E-state index < -0.39 is 32.8 Å². The van der Waals surface area contributed by atoms with Gasteiger partial charge in [0.15, 0.2) is 0 Å². The van der Waals surface area contributed by atoms with E-state index in [-0.39, 0.29) is 6.61 Å². The third-order valence-corrected chi connectivity index (χ3v) is 3.85. The fourth-order valence-corrected chi connectivity index (χ4v) is 2.74. The Balaban J connectivity index is 2.94. The molecule has 0 aliphatic carbocycles. The molecule has 0 fully saturated rings. The molecule has 19 heavy (non-hydrogen) atoms. The quantitative estimate of drug-likeness (QED) is 0.453. The number of benzene rings is 1. The Morgan fingerprint density at radius 2 is 1.74 bits per heavy atom. The van der Waals surface area contributed by atoms with Gasteiger partial charge in [-0.1, -0.05) is 0 Å². The molecule has 0 atom stereocenters. The van der Waals surface area contributed by atoms with Crippen molar-refractivity contribution in [3.63, 3.8) is 0 Å². The van der Waals surface area contributed by atoms with Crippen LogP contribution >= 0.6 is 0 Å². The zero-order chi connectivity index (χ0) is 14.5. The first kappa shape index (κ1) is 16.0. The Bertz CT molecular complexity index is 427. The molecule has 0 radical (unpaired) electrons. The maximum absolute atomic E-state index is 13.2. The fraction of sp³-hybridized carbons (Fsp3) is 0.333. The van der Waals surface area contributed by atoms with Crippen LogP contribution in [0.1, 0.15) is 6.92 Å². The van der Waals surface area contributed by atoms with Crippen molar-refractivity contribution in [3.05, 3.63) is 41.1 Å². The molecule has 0 aromatic heterocycles. The van der Waals surface area contributed by atoms with Crippen LogP contribution in [-0.2, 0) is 4.74 Å². The summed E-state index contributed by atoms with van der Waals surface area (Å²) in [6.45, 7) is 1.11. The fourth-order valence-electron chi connectivity index (χ4n) is 1.11. The second-order valence-corrected chi connectivity index (χ2v) is 5.40. The number of rotatable bonds is 5. The van der Waals surface area contributed by atoms with E-state index in [4.69, 9.17) is 0 Å². The second-order valence-electron chi connectivity index (χ2n) is 3.42. The summed E-state index contributed by atoms with van der Waals surface area (Å²) in [7, 11) is 0. The zero-order valence-electron chi connectivity index (χ0n) is 9.88. The minimum absolute atomic E-state index is 0.248. The van der Waals surface area contributed by atoms with Crippen LogP contribution in [0.15, 0.2) is 41.1 Å². The summed E-state index contributed by atoms with van der Waals surface area (Å²) in [6.07, 6.45) is -5.65. The van der Waals surface area contributed by atoms with Gasteiger partial charge >= 0.3 is 113 Å². The Labute approximate surface area is 113 Å². The Morgan fingerprint density at radius 1 is 1.16 bits per heavy atom. The van der Waals surface area contributed by atoms with Crippen LogP contribution in [0.4, 0.5) is 22.0 Å². The summed E-state index contributed by atoms with van der Waals surface area (Å²) in [5.74, 6) is -6.29. The second kappa shape index (κ2) is 6.39. The van der Waals surface area contributed by atoms with Crippen LogP contribution in [0.2, 0.25) is 0 Å². The molecule has 1 aromatic rings. The minimum atomic E-state index is -5.65. The first-order valence-electron chi connectivity index (χ1n) is 5.28. The van der Waals surface area contributed by atoms with Crippen LogP contribution in [-0.4, -0.2) is 33.7 Å². The molecule has 106 valence electrons. The van der Waals surface area contributed by atoms with Crippen LogP contribution < -0.4 is 4.46 Å². The average molecular weight is 345 g/mol. The van der Waals surface area contributed by atoms with Crippen molar-refractivity contribution < 1.29 is 26.7 Å². The standard InChI is InChI=1S/C12H11F5OSe/c1-2-18-10(11(13,14)12(15,16)17)8-19-9-6-4-3-5-7-9/h3-8H,2H2,1H3/b10-8+. The topological polar surface area (TPSA) is 9.23 Å². The monoisotopic (exact) mass is 346 g/mol. The van der Waals surface area contributed by atoms with Gasteiger partial charge in [0.05, 0.1) is 0 Å². The molecule has 0 amide bonds. The first-order valence-corrected chi connectivity index (χ1v) is 7.13. The van der Waals surface area contributed by atoms with E-state index in [2.05, 4.69) is 4.74 Å². The van der Waals surface area contributed by atoms with Crippen molar-refractivity contribution in [1.82, 2.24) is 0 Å². The molecule has 1 aromatic carbocycles. The summed E-state index contributed by atoms with van der Waals surface area (Å²) in [4.78, 5) is 0.833. The Kier molecular flexibility index (Phi) is 5.38. The van der Waals surface area contributed by atoms with Crippen molar-refractivity contribution >= 4 is 19.4 Å². The van der Waals surface area contributed by atoms with Crippen LogP contribution in [0.25, 0.3) is 0 Å². The van der Waals surface area contributed by atoms with Crippen molar-refractivity contribution in [1.29, 1.82) is 0 Å². The van der Waals surface area contributed by atoms with E-state index in [1.807, 2.05) is 0 Å². The van der Waals surface area contributed by atoms with Gasteiger partial charge < -0.3 is 0 Å². The molecule has 0 saturated heterocycles. The van der Waals surface area contributed by atoms with E-state index in [1.165, 1.54) is 6.92 Å². The van der Waals surface area contributed by atoms with Gasteiger partial charge in [-0.15, -0.1) is 0 Å². The first-order chi connectivity index (χ1) is 8.79. The average Bonchev–Trinajstić information content (AvgIpc) is 2.34. The number of hydrogen-bond donors (Lipinski definition) is 0. The summed E-state index contributed by atoms with van der Waals surface area (Å²) in [5.41, 5.74) is 0. The molecule has 0 unspecified atom stereocenters. The van der Waals surface area contributed by atoms with Crippen molar-refractivity contribution in [3.8, 4) is 0 Å².